The fraction of sp³-hybridized carbons (Fsp3) is 1.00. The molecule has 124 valence electrons. The van der Waals surface area contributed by atoms with E-state index in [9.17, 15) is 5.11 Å². The summed E-state index contributed by atoms with van der Waals surface area (Å²) < 4.78 is 0. The molecule has 1 aliphatic carbocycles. The van der Waals surface area contributed by atoms with Crippen molar-refractivity contribution in [1.82, 2.24) is 10.2 Å². The molecule has 0 aromatic carbocycles. The number of hydrogen-bond donors (Lipinski definition) is 2. The van der Waals surface area contributed by atoms with E-state index in [-0.39, 0.29) is 6.10 Å². The normalized spacial score (nSPS) is 38.9. The molecule has 0 bridgehead atoms. The first-order chi connectivity index (χ1) is 9.90. The molecule has 0 radical (unpaired) electrons. The predicted octanol–water partition coefficient (Wildman–Crippen LogP) is 2.88. The van der Waals surface area contributed by atoms with E-state index in [2.05, 4.69) is 37.9 Å². The lowest BCUT2D eigenvalue weighted by Gasteiger charge is -2.45. The molecule has 0 aromatic heterocycles. The Morgan fingerprint density at radius 1 is 1.19 bits per heavy atom. The minimum Gasteiger partial charge on any atom is -0.393 e. The fourth-order valence-corrected chi connectivity index (χ4v) is 4.02. The van der Waals surface area contributed by atoms with Crippen molar-refractivity contribution in [1.29, 1.82) is 0 Å². The Labute approximate surface area is 131 Å². The Kier molecular flexibility index (Phi) is 6.10. The van der Waals surface area contributed by atoms with E-state index < -0.39 is 0 Å². The van der Waals surface area contributed by atoms with Crippen molar-refractivity contribution in [2.75, 3.05) is 26.2 Å². The van der Waals surface area contributed by atoms with Crippen LogP contribution in [0.25, 0.3) is 0 Å². The van der Waals surface area contributed by atoms with Gasteiger partial charge in [0.15, 0.2) is 0 Å². The second-order valence-electron chi connectivity index (χ2n) is 8.29. The Hall–Kier alpha value is -0.120. The van der Waals surface area contributed by atoms with Crippen molar-refractivity contribution in [2.45, 2.75) is 71.9 Å². The van der Waals surface area contributed by atoms with Crippen molar-refractivity contribution in [3.63, 3.8) is 0 Å². The van der Waals surface area contributed by atoms with Crippen molar-refractivity contribution in [2.24, 2.45) is 17.3 Å². The van der Waals surface area contributed by atoms with E-state index in [1.807, 2.05) is 0 Å². The van der Waals surface area contributed by atoms with Gasteiger partial charge in [0.05, 0.1) is 6.10 Å². The molecule has 0 aromatic rings. The second kappa shape index (κ2) is 7.43. The molecule has 0 amide bonds. The second-order valence-corrected chi connectivity index (χ2v) is 8.29. The monoisotopic (exact) mass is 296 g/mol. The van der Waals surface area contributed by atoms with Crippen LogP contribution in [0.4, 0.5) is 0 Å². The van der Waals surface area contributed by atoms with Crippen LogP contribution in [0.1, 0.15) is 59.8 Å². The van der Waals surface area contributed by atoms with Crippen LogP contribution < -0.4 is 5.32 Å². The van der Waals surface area contributed by atoms with Gasteiger partial charge in [0.25, 0.3) is 0 Å². The van der Waals surface area contributed by atoms with Crippen LogP contribution in [0.2, 0.25) is 0 Å². The third kappa shape index (κ3) is 4.94. The highest BCUT2D eigenvalue weighted by Crippen LogP contribution is 2.40. The van der Waals surface area contributed by atoms with Gasteiger partial charge in [-0.1, -0.05) is 40.5 Å². The van der Waals surface area contributed by atoms with Gasteiger partial charge in [-0.25, -0.2) is 0 Å². The maximum atomic E-state index is 9.94. The van der Waals surface area contributed by atoms with Crippen molar-refractivity contribution >= 4 is 0 Å². The van der Waals surface area contributed by atoms with Gasteiger partial charge in [-0.15, -0.1) is 0 Å². The van der Waals surface area contributed by atoms with Crippen LogP contribution in [-0.4, -0.2) is 48.3 Å². The molecular weight excluding hydrogens is 260 g/mol. The standard InChI is InChI=1S/C18H36N2O/c1-14(2)19-12-18(8-5-15(3)6-9-18)13-20-10-7-17(21)16(4)11-20/h14-17,19,21H,5-13H2,1-4H3. The first-order valence-corrected chi connectivity index (χ1v) is 9.04. The fourth-order valence-electron chi connectivity index (χ4n) is 4.02. The van der Waals surface area contributed by atoms with Gasteiger partial charge in [0.1, 0.15) is 0 Å². The van der Waals surface area contributed by atoms with Crippen molar-refractivity contribution in [3.8, 4) is 0 Å². The van der Waals surface area contributed by atoms with Crippen LogP contribution in [0.15, 0.2) is 0 Å². The number of aliphatic hydroxyl groups is 1. The average Bonchev–Trinajstić information content (AvgIpc) is 2.44. The highest BCUT2D eigenvalue weighted by atomic mass is 16.3. The molecule has 2 unspecified atom stereocenters. The topological polar surface area (TPSA) is 35.5 Å². The minimum atomic E-state index is -0.0858. The first kappa shape index (κ1) is 17.2. The zero-order valence-corrected chi connectivity index (χ0v) is 14.6. The van der Waals surface area contributed by atoms with Crippen LogP contribution in [0, 0.1) is 17.3 Å². The van der Waals surface area contributed by atoms with E-state index in [1.165, 1.54) is 32.2 Å². The number of likely N-dealkylation sites (tertiary alicyclic amines) is 1. The first-order valence-electron chi connectivity index (χ1n) is 9.04. The molecule has 2 aliphatic rings. The van der Waals surface area contributed by atoms with Crippen LogP contribution in [0.5, 0.6) is 0 Å². The number of nitrogens with zero attached hydrogens (tertiary/aromatic N) is 1. The van der Waals surface area contributed by atoms with E-state index in [0.29, 0.717) is 17.4 Å². The maximum Gasteiger partial charge on any atom is 0.0590 e. The van der Waals surface area contributed by atoms with Gasteiger partial charge in [-0.2, -0.15) is 0 Å². The van der Waals surface area contributed by atoms with Gasteiger partial charge in [0, 0.05) is 32.2 Å². The molecule has 1 saturated heterocycles. The highest BCUT2D eigenvalue weighted by Gasteiger charge is 2.37. The summed E-state index contributed by atoms with van der Waals surface area (Å²) >= 11 is 0. The molecule has 2 fully saturated rings. The number of rotatable bonds is 5. The number of hydrogen-bond acceptors (Lipinski definition) is 3. The zero-order valence-electron chi connectivity index (χ0n) is 14.6. The quantitative estimate of drug-likeness (QED) is 0.819. The van der Waals surface area contributed by atoms with E-state index in [0.717, 1.165) is 32.0 Å². The molecule has 2 rings (SSSR count). The lowest BCUT2D eigenvalue weighted by molar-refractivity contribution is 0.00488. The summed E-state index contributed by atoms with van der Waals surface area (Å²) in [6.45, 7) is 13.6. The summed E-state index contributed by atoms with van der Waals surface area (Å²) in [6.07, 6.45) is 6.35. The Balaban J connectivity index is 1.95. The smallest absolute Gasteiger partial charge is 0.0590 e. The van der Waals surface area contributed by atoms with E-state index >= 15 is 0 Å². The molecule has 1 aliphatic heterocycles. The Morgan fingerprint density at radius 2 is 1.86 bits per heavy atom. The van der Waals surface area contributed by atoms with Crippen LogP contribution in [-0.2, 0) is 0 Å². The van der Waals surface area contributed by atoms with Gasteiger partial charge in [-0.05, 0) is 36.5 Å². The summed E-state index contributed by atoms with van der Waals surface area (Å²) in [4.78, 5) is 2.62. The summed E-state index contributed by atoms with van der Waals surface area (Å²) in [6, 6.07) is 0.573. The lowest BCUT2D eigenvalue weighted by atomic mass is 9.70. The zero-order chi connectivity index (χ0) is 15.5. The van der Waals surface area contributed by atoms with Gasteiger partial charge in [-0.3, -0.25) is 0 Å². The third-order valence-electron chi connectivity index (χ3n) is 5.72. The number of nitrogens with one attached hydrogen (secondary N) is 1. The lowest BCUT2D eigenvalue weighted by Crippen LogP contribution is -2.51. The van der Waals surface area contributed by atoms with Gasteiger partial charge >= 0.3 is 0 Å². The predicted molar refractivity (Wildman–Crippen MR) is 89.4 cm³/mol. The largest absolute Gasteiger partial charge is 0.393 e. The molecular formula is C18H36N2O. The van der Waals surface area contributed by atoms with Gasteiger partial charge in [0.2, 0.25) is 0 Å². The Morgan fingerprint density at radius 3 is 2.43 bits per heavy atom. The molecule has 0 spiro atoms. The molecule has 21 heavy (non-hydrogen) atoms. The van der Waals surface area contributed by atoms with Crippen molar-refractivity contribution < 1.29 is 5.11 Å². The summed E-state index contributed by atoms with van der Waals surface area (Å²) in [7, 11) is 0. The molecule has 3 heteroatoms. The van der Waals surface area contributed by atoms with E-state index in [1.54, 1.807) is 0 Å². The number of aliphatic hydroxyl groups excluding tert-OH is 1. The average molecular weight is 296 g/mol. The van der Waals surface area contributed by atoms with Crippen LogP contribution >= 0.6 is 0 Å². The summed E-state index contributed by atoms with van der Waals surface area (Å²) in [5, 5.41) is 13.6. The molecule has 1 heterocycles. The van der Waals surface area contributed by atoms with Gasteiger partial charge < -0.3 is 15.3 Å². The number of piperidine rings is 1. The maximum absolute atomic E-state index is 9.94. The minimum absolute atomic E-state index is 0.0858. The third-order valence-corrected chi connectivity index (χ3v) is 5.72. The molecule has 1 saturated carbocycles. The Bertz CT molecular complexity index is 310. The van der Waals surface area contributed by atoms with Crippen LogP contribution in [0.3, 0.4) is 0 Å². The summed E-state index contributed by atoms with van der Waals surface area (Å²) in [5.41, 5.74) is 0.457. The summed E-state index contributed by atoms with van der Waals surface area (Å²) in [5.74, 6) is 1.33. The highest BCUT2D eigenvalue weighted by molar-refractivity contribution is 4.91. The molecule has 2 atom stereocenters. The van der Waals surface area contributed by atoms with E-state index in [4.69, 9.17) is 0 Å². The SMILES string of the molecule is CC1CCC(CNC(C)C)(CN2CCC(O)C(C)C2)CC1. The molecule has 2 N–H and O–H groups in total. The van der Waals surface area contributed by atoms with Crippen molar-refractivity contribution in [3.05, 3.63) is 0 Å². The molecule has 3 nitrogen and oxygen atoms in total.